The molecule has 0 aliphatic heterocycles. The fraction of sp³-hybridized carbons (Fsp3) is 0.385. The van der Waals surface area contributed by atoms with Crippen LogP contribution in [0, 0.1) is 11.8 Å². The molecule has 1 aromatic carbocycles. The van der Waals surface area contributed by atoms with E-state index in [1.165, 1.54) is 0 Å². The Morgan fingerprint density at radius 3 is 2.06 bits per heavy atom. The number of carboxylic acids is 1. The van der Waals surface area contributed by atoms with E-state index in [0.717, 1.165) is 4.90 Å². The van der Waals surface area contributed by atoms with Gasteiger partial charge in [-0.25, -0.2) is 0 Å². The molecule has 17 heavy (non-hydrogen) atoms. The average Bonchev–Trinajstić information content (AvgIpc) is 2.36. The number of hydrogen-bond donors (Lipinski definition) is 1. The Balaban J connectivity index is 2.85. The molecular formula is C13H16O3S. The summed E-state index contributed by atoms with van der Waals surface area (Å²) in [7, 11) is 0. The van der Waals surface area contributed by atoms with Gasteiger partial charge in [-0.2, -0.15) is 0 Å². The highest BCUT2D eigenvalue weighted by Crippen LogP contribution is 2.20. The maximum atomic E-state index is 12.0. The lowest BCUT2D eigenvalue weighted by molar-refractivity contribution is -0.142. The smallest absolute Gasteiger partial charge is 0.306 e. The van der Waals surface area contributed by atoms with Gasteiger partial charge in [0, 0.05) is 16.4 Å². The molecule has 92 valence electrons. The van der Waals surface area contributed by atoms with Crippen molar-refractivity contribution in [3.05, 3.63) is 29.8 Å². The normalized spacial score (nSPS) is 14.1. The zero-order chi connectivity index (χ0) is 13.0. The third-order valence-electron chi connectivity index (χ3n) is 2.93. The van der Waals surface area contributed by atoms with Crippen molar-refractivity contribution < 1.29 is 14.7 Å². The van der Waals surface area contributed by atoms with Crippen LogP contribution in [0.3, 0.4) is 0 Å². The third-order valence-corrected chi connectivity index (χ3v) is 3.67. The van der Waals surface area contributed by atoms with Crippen LogP contribution in [0.15, 0.2) is 29.2 Å². The highest BCUT2D eigenvalue weighted by Gasteiger charge is 2.26. The number of rotatable bonds is 5. The second-order valence-corrected chi connectivity index (χ2v) is 4.89. The lowest BCUT2D eigenvalue weighted by Gasteiger charge is -2.14. The third kappa shape index (κ3) is 3.33. The van der Waals surface area contributed by atoms with Gasteiger partial charge in [0.25, 0.3) is 0 Å². The van der Waals surface area contributed by atoms with E-state index in [2.05, 4.69) is 0 Å². The number of benzene rings is 1. The summed E-state index contributed by atoms with van der Waals surface area (Å²) in [4.78, 5) is 23.9. The maximum Gasteiger partial charge on any atom is 0.306 e. The lowest BCUT2D eigenvalue weighted by atomic mass is 9.88. The van der Waals surface area contributed by atoms with Crippen molar-refractivity contribution in [2.45, 2.75) is 18.7 Å². The van der Waals surface area contributed by atoms with E-state index in [4.69, 9.17) is 5.11 Å². The molecule has 0 heterocycles. The lowest BCUT2D eigenvalue weighted by Crippen LogP contribution is -2.25. The quantitative estimate of drug-likeness (QED) is 0.646. The molecule has 0 amide bonds. The molecule has 1 aromatic rings. The van der Waals surface area contributed by atoms with Crippen LogP contribution in [0.1, 0.15) is 24.2 Å². The molecule has 0 saturated carbocycles. The van der Waals surface area contributed by atoms with Gasteiger partial charge in [0.05, 0.1) is 5.92 Å². The van der Waals surface area contributed by atoms with Gasteiger partial charge in [-0.1, -0.05) is 26.0 Å². The molecule has 0 aromatic heterocycles. The van der Waals surface area contributed by atoms with Crippen molar-refractivity contribution in [2.24, 2.45) is 11.8 Å². The molecule has 0 aliphatic rings. The van der Waals surface area contributed by atoms with Gasteiger partial charge in [0.2, 0.25) is 0 Å². The van der Waals surface area contributed by atoms with E-state index < -0.39 is 17.8 Å². The van der Waals surface area contributed by atoms with Crippen molar-refractivity contribution in [3.8, 4) is 0 Å². The first kappa shape index (κ1) is 13.8. The van der Waals surface area contributed by atoms with Crippen molar-refractivity contribution >= 4 is 23.5 Å². The highest BCUT2D eigenvalue weighted by molar-refractivity contribution is 7.98. The van der Waals surface area contributed by atoms with E-state index >= 15 is 0 Å². The van der Waals surface area contributed by atoms with Crippen molar-refractivity contribution in [1.29, 1.82) is 0 Å². The zero-order valence-corrected chi connectivity index (χ0v) is 11.0. The van der Waals surface area contributed by atoms with Crippen LogP contribution in [0.4, 0.5) is 0 Å². The molecule has 0 radical (unpaired) electrons. The van der Waals surface area contributed by atoms with Crippen LogP contribution in [-0.2, 0) is 4.79 Å². The number of ketones is 1. The summed E-state index contributed by atoms with van der Waals surface area (Å²) in [6, 6.07) is 7.24. The fourth-order valence-electron chi connectivity index (χ4n) is 1.46. The van der Waals surface area contributed by atoms with Gasteiger partial charge in [-0.3, -0.25) is 9.59 Å². The summed E-state index contributed by atoms with van der Waals surface area (Å²) in [5, 5.41) is 8.87. The number of carbonyl (C=O) groups excluding carboxylic acids is 1. The van der Waals surface area contributed by atoms with Crippen molar-refractivity contribution in [2.75, 3.05) is 6.26 Å². The molecule has 0 saturated heterocycles. The molecular weight excluding hydrogens is 236 g/mol. The van der Waals surface area contributed by atoms with Gasteiger partial charge < -0.3 is 5.11 Å². The van der Waals surface area contributed by atoms with Gasteiger partial charge >= 0.3 is 5.97 Å². The van der Waals surface area contributed by atoms with Crippen molar-refractivity contribution in [1.82, 2.24) is 0 Å². The fourth-order valence-corrected chi connectivity index (χ4v) is 1.87. The SMILES string of the molecule is CSc1ccc(C(=O)C(C)C(C)C(=O)O)cc1. The predicted molar refractivity (Wildman–Crippen MR) is 68.5 cm³/mol. The summed E-state index contributed by atoms with van der Waals surface area (Å²) in [5.74, 6) is -2.23. The van der Waals surface area contributed by atoms with Crippen LogP contribution >= 0.6 is 11.8 Å². The molecule has 1 N–H and O–H groups in total. The standard InChI is InChI=1S/C13H16O3S/c1-8(9(2)13(15)16)12(14)10-4-6-11(17-3)7-5-10/h4-9H,1-3H3,(H,15,16). The van der Waals surface area contributed by atoms with Crippen LogP contribution in [-0.4, -0.2) is 23.1 Å². The Kier molecular flexibility index (Phi) is 4.75. The zero-order valence-electron chi connectivity index (χ0n) is 10.1. The first-order valence-corrected chi connectivity index (χ1v) is 6.61. The molecule has 1 rings (SSSR count). The molecule has 3 nitrogen and oxygen atoms in total. The first-order chi connectivity index (χ1) is 7.97. The van der Waals surface area contributed by atoms with Crippen LogP contribution in [0.2, 0.25) is 0 Å². The summed E-state index contributed by atoms with van der Waals surface area (Å²) < 4.78 is 0. The summed E-state index contributed by atoms with van der Waals surface area (Å²) in [6.45, 7) is 3.21. The van der Waals surface area contributed by atoms with Crippen LogP contribution < -0.4 is 0 Å². The number of carboxylic acid groups (broad SMARTS) is 1. The van der Waals surface area contributed by atoms with Gasteiger partial charge in [-0.05, 0) is 18.4 Å². The first-order valence-electron chi connectivity index (χ1n) is 5.38. The second-order valence-electron chi connectivity index (χ2n) is 4.01. The van der Waals surface area contributed by atoms with E-state index in [0.29, 0.717) is 5.56 Å². The molecule has 2 unspecified atom stereocenters. The Morgan fingerprint density at radius 2 is 1.65 bits per heavy atom. The number of carbonyl (C=O) groups is 2. The molecule has 2 atom stereocenters. The van der Waals surface area contributed by atoms with E-state index in [1.54, 1.807) is 37.7 Å². The molecule has 0 fully saturated rings. The highest BCUT2D eigenvalue weighted by atomic mass is 32.2. The van der Waals surface area contributed by atoms with Crippen LogP contribution in [0.5, 0.6) is 0 Å². The second kappa shape index (κ2) is 5.87. The Morgan fingerprint density at radius 1 is 1.12 bits per heavy atom. The minimum absolute atomic E-state index is 0.118. The van der Waals surface area contributed by atoms with E-state index in [-0.39, 0.29) is 5.78 Å². The largest absolute Gasteiger partial charge is 0.481 e. The summed E-state index contributed by atoms with van der Waals surface area (Å²) in [6.07, 6.45) is 1.96. The predicted octanol–water partition coefficient (Wildman–Crippen LogP) is 2.95. The minimum atomic E-state index is -0.938. The Hall–Kier alpha value is -1.29. The summed E-state index contributed by atoms with van der Waals surface area (Å²) >= 11 is 1.60. The van der Waals surface area contributed by atoms with E-state index in [1.807, 2.05) is 18.4 Å². The minimum Gasteiger partial charge on any atom is -0.481 e. The topological polar surface area (TPSA) is 54.4 Å². The average molecular weight is 252 g/mol. The number of hydrogen-bond acceptors (Lipinski definition) is 3. The van der Waals surface area contributed by atoms with Crippen LogP contribution in [0.25, 0.3) is 0 Å². The van der Waals surface area contributed by atoms with Crippen molar-refractivity contribution in [3.63, 3.8) is 0 Å². The molecule has 4 heteroatoms. The number of Topliss-reactive ketones (excluding diaryl/α,β-unsaturated/α-hetero) is 1. The van der Waals surface area contributed by atoms with Gasteiger partial charge in [0.15, 0.2) is 5.78 Å². The number of thioether (sulfide) groups is 1. The van der Waals surface area contributed by atoms with Gasteiger partial charge in [-0.15, -0.1) is 11.8 Å². The Labute approximate surface area is 105 Å². The molecule has 0 aliphatic carbocycles. The van der Waals surface area contributed by atoms with E-state index in [9.17, 15) is 9.59 Å². The maximum absolute atomic E-state index is 12.0. The Bertz CT molecular complexity index is 411. The number of aliphatic carboxylic acids is 1. The van der Waals surface area contributed by atoms with Gasteiger partial charge in [0.1, 0.15) is 0 Å². The summed E-state index contributed by atoms with van der Waals surface area (Å²) in [5.41, 5.74) is 0.573. The molecule has 0 spiro atoms. The molecule has 0 bridgehead atoms. The monoisotopic (exact) mass is 252 g/mol.